The van der Waals surface area contributed by atoms with Crippen LogP contribution in [-0.2, 0) is 19.1 Å². The number of amides is 2. The van der Waals surface area contributed by atoms with Gasteiger partial charge < -0.3 is 19.7 Å². The van der Waals surface area contributed by atoms with E-state index in [0.29, 0.717) is 17.1 Å². The van der Waals surface area contributed by atoms with Crippen molar-refractivity contribution in [3.63, 3.8) is 0 Å². The second kappa shape index (κ2) is 8.51. The van der Waals surface area contributed by atoms with Crippen molar-refractivity contribution in [1.29, 1.82) is 0 Å². The normalized spacial score (nSPS) is 13.9. The molecule has 0 fully saturated rings. The van der Waals surface area contributed by atoms with Crippen molar-refractivity contribution in [3.8, 4) is 5.75 Å². The third kappa shape index (κ3) is 4.64. The molecule has 146 valence electrons. The van der Waals surface area contributed by atoms with Crippen molar-refractivity contribution >= 4 is 29.2 Å². The molecule has 0 saturated carbocycles. The van der Waals surface area contributed by atoms with Gasteiger partial charge in [0.2, 0.25) is 0 Å². The maximum absolute atomic E-state index is 12.9. The molecule has 1 heterocycles. The standard InChI is InChI=1S/C20H19FN2O5/c1-13(20(26)22-15-8-6-14(21)7-9-15)28-19(25)10-11-23-16-4-2-3-5-17(16)27-12-18(23)24/h2-9,13H,10-12H2,1H3,(H,22,26)/t13-/m0/s1. The van der Waals surface area contributed by atoms with E-state index in [1.165, 1.54) is 36.1 Å². The number of hydrogen-bond acceptors (Lipinski definition) is 5. The number of carbonyl (C=O) groups excluding carboxylic acids is 3. The molecule has 0 unspecified atom stereocenters. The van der Waals surface area contributed by atoms with Crippen LogP contribution in [0, 0.1) is 5.82 Å². The van der Waals surface area contributed by atoms with Crippen LogP contribution in [0.5, 0.6) is 5.75 Å². The molecule has 1 aliphatic heterocycles. The molecule has 8 heteroatoms. The summed E-state index contributed by atoms with van der Waals surface area (Å²) in [6.45, 7) is 1.46. The minimum Gasteiger partial charge on any atom is -0.482 e. The Morgan fingerprint density at radius 1 is 1.21 bits per heavy atom. The van der Waals surface area contributed by atoms with E-state index in [2.05, 4.69) is 5.32 Å². The minimum absolute atomic E-state index is 0.0752. The molecule has 2 aromatic carbocycles. The third-order valence-corrected chi connectivity index (χ3v) is 4.14. The Balaban J connectivity index is 1.52. The summed E-state index contributed by atoms with van der Waals surface area (Å²) >= 11 is 0. The highest BCUT2D eigenvalue weighted by atomic mass is 19.1. The molecule has 0 saturated heterocycles. The van der Waals surface area contributed by atoms with Crippen LogP contribution < -0.4 is 15.0 Å². The van der Waals surface area contributed by atoms with Crippen LogP contribution >= 0.6 is 0 Å². The molecule has 2 aromatic rings. The number of esters is 1. The first-order valence-corrected chi connectivity index (χ1v) is 8.72. The molecule has 0 aromatic heterocycles. The molecule has 2 amide bonds. The quantitative estimate of drug-likeness (QED) is 0.771. The van der Waals surface area contributed by atoms with Crippen molar-refractivity contribution < 1.29 is 28.2 Å². The molecule has 1 N–H and O–H groups in total. The van der Waals surface area contributed by atoms with E-state index in [9.17, 15) is 18.8 Å². The van der Waals surface area contributed by atoms with E-state index in [1.54, 1.807) is 24.3 Å². The molecule has 1 atom stereocenters. The number of benzene rings is 2. The SMILES string of the molecule is C[C@H](OC(=O)CCN1C(=O)COc2ccccc21)C(=O)Nc1ccc(F)cc1. The zero-order chi connectivity index (χ0) is 20.1. The molecule has 28 heavy (non-hydrogen) atoms. The van der Waals surface area contributed by atoms with Gasteiger partial charge in [-0.3, -0.25) is 14.4 Å². The average Bonchev–Trinajstić information content (AvgIpc) is 2.69. The summed E-state index contributed by atoms with van der Waals surface area (Å²) in [5.41, 5.74) is 0.985. The molecule has 7 nitrogen and oxygen atoms in total. The number of anilines is 2. The molecule has 0 radical (unpaired) electrons. The van der Waals surface area contributed by atoms with Gasteiger partial charge in [-0.1, -0.05) is 12.1 Å². The topological polar surface area (TPSA) is 84.9 Å². The van der Waals surface area contributed by atoms with Crippen LogP contribution in [0.4, 0.5) is 15.8 Å². The number of fused-ring (bicyclic) bond motifs is 1. The predicted octanol–water partition coefficient (Wildman–Crippen LogP) is 2.51. The fraction of sp³-hybridized carbons (Fsp3) is 0.250. The summed E-state index contributed by atoms with van der Waals surface area (Å²) in [7, 11) is 0. The van der Waals surface area contributed by atoms with Crippen molar-refractivity contribution in [2.75, 3.05) is 23.4 Å². The number of halogens is 1. The fourth-order valence-corrected chi connectivity index (χ4v) is 2.69. The van der Waals surface area contributed by atoms with E-state index in [0.717, 1.165) is 0 Å². The highest BCUT2D eigenvalue weighted by Crippen LogP contribution is 2.31. The maximum atomic E-state index is 12.9. The highest BCUT2D eigenvalue weighted by Gasteiger charge is 2.26. The van der Waals surface area contributed by atoms with Crippen LogP contribution in [0.15, 0.2) is 48.5 Å². The summed E-state index contributed by atoms with van der Waals surface area (Å²) in [5, 5.41) is 2.54. The Morgan fingerprint density at radius 3 is 2.68 bits per heavy atom. The Kier molecular flexibility index (Phi) is 5.88. The number of carbonyl (C=O) groups is 3. The number of nitrogens with one attached hydrogen (secondary N) is 1. The van der Waals surface area contributed by atoms with Crippen molar-refractivity contribution in [3.05, 3.63) is 54.3 Å². The minimum atomic E-state index is -1.04. The van der Waals surface area contributed by atoms with Gasteiger partial charge in [0.05, 0.1) is 12.1 Å². The lowest BCUT2D eigenvalue weighted by Crippen LogP contribution is -2.40. The van der Waals surface area contributed by atoms with E-state index in [-0.39, 0.29) is 25.5 Å². The smallest absolute Gasteiger partial charge is 0.308 e. The Hall–Kier alpha value is -3.42. The summed E-state index contributed by atoms with van der Waals surface area (Å²) in [6, 6.07) is 12.3. The predicted molar refractivity (Wildman–Crippen MR) is 99.5 cm³/mol. The Morgan fingerprint density at radius 2 is 1.93 bits per heavy atom. The van der Waals surface area contributed by atoms with Crippen LogP contribution in [0.1, 0.15) is 13.3 Å². The first-order valence-electron chi connectivity index (χ1n) is 8.72. The van der Waals surface area contributed by atoms with Crippen molar-refractivity contribution in [1.82, 2.24) is 0 Å². The summed E-state index contributed by atoms with van der Waals surface area (Å²) < 4.78 is 23.4. The number of nitrogens with zero attached hydrogens (tertiary/aromatic N) is 1. The van der Waals surface area contributed by atoms with Crippen molar-refractivity contribution in [2.45, 2.75) is 19.4 Å². The van der Waals surface area contributed by atoms with Gasteiger partial charge in [0.25, 0.3) is 11.8 Å². The lowest BCUT2D eigenvalue weighted by atomic mass is 10.2. The van der Waals surface area contributed by atoms with E-state index < -0.39 is 23.8 Å². The van der Waals surface area contributed by atoms with Gasteiger partial charge in [-0.2, -0.15) is 0 Å². The second-order valence-electron chi connectivity index (χ2n) is 6.18. The van der Waals surface area contributed by atoms with Crippen LogP contribution in [-0.4, -0.2) is 37.0 Å². The van der Waals surface area contributed by atoms with Gasteiger partial charge in [-0.05, 0) is 43.3 Å². The zero-order valence-electron chi connectivity index (χ0n) is 15.2. The Labute approximate surface area is 161 Å². The lowest BCUT2D eigenvalue weighted by molar-refractivity contribution is -0.153. The summed E-state index contributed by atoms with van der Waals surface area (Å²) in [5.74, 6) is -1.25. The second-order valence-corrected chi connectivity index (χ2v) is 6.18. The molecular formula is C20H19FN2O5. The van der Waals surface area contributed by atoms with E-state index in [4.69, 9.17) is 9.47 Å². The first-order chi connectivity index (χ1) is 13.4. The number of rotatable bonds is 6. The summed E-state index contributed by atoms with van der Waals surface area (Å²) in [4.78, 5) is 37.7. The zero-order valence-corrected chi connectivity index (χ0v) is 15.2. The summed E-state index contributed by atoms with van der Waals surface area (Å²) in [6.07, 6.45) is -1.11. The van der Waals surface area contributed by atoms with E-state index >= 15 is 0 Å². The van der Waals surface area contributed by atoms with E-state index in [1.807, 2.05) is 0 Å². The van der Waals surface area contributed by atoms with Crippen LogP contribution in [0.2, 0.25) is 0 Å². The van der Waals surface area contributed by atoms with Crippen molar-refractivity contribution in [2.24, 2.45) is 0 Å². The van der Waals surface area contributed by atoms with Gasteiger partial charge >= 0.3 is 5.97 Å². The molecule has 0 aliphatic carbocycles. The Bertz CT molecular complexity index is 884. The van der Waals surface area contributed by atoms with Gasteiger partial charge in [-0.25, -0.2) is 4.39 Å². The average molecular weight is 386 g/mol. The molecule has 0 spiro atoms. The molecule has 3 rings (SSSR count). The van der Waals surface area contributed by atoms with Crippen LogP contribution in [0.3, 0.4) is 0 Å². The fourth-order valence-electron chi connectivity index (χ4n) is 2.69. The van der Waals surface area contributed by atoms with Gasteiger partial charge in [-0.15, -0.1) is 0 Å². The van der Waals surface area contributed by atoms with Gasteiger partial charge in [0.15, 0.2) is 12.7 Å². The van der Waals surface area contributed by atoms with Gasteiger partial charge in [0, 0.05) is 12.2 Å². The monoisotopic (exact) mass is 386 g/mol. The lowest BCUT2D eigenvalue weighted by Gasteiger charge is -2.29. The van der Waals surface area contributed by atoms with Crippen LogP contribution in [0.25, 0.3) is 0 Å². The third-order valence-electron chi connectivity index (χ3n) is 4.14. The maximum Gasteiger partial charge on any atom is 0.308 e. The number of ether oxygens (including phenoxy) is 2. The molecular weight excluding hydrogens is 367 g/mol. The molecule has 1 aliphatic rings. The number of para-hydroxylation sites is 2. The van der Waals surface area contributed by atoms with Gasteiger partial charge in [0.1, 0.15) is 11.6 Å². The number of hydrogen-bond donors (Lipinski definition) is 1. The first kappa shape index (κ1) is 19.3. The highest BCUT2D eigenvalue weighted by molar-refractivity contribution is 5.98. The molecule has 0 bridgehead atoms. The largest absolute Gasteiger partial charge is 0.482 e.